The number of hydrogen-bond donors (Lipinski definition) is 0. The maximum absolute atomic E-state index is 2.93. The van der Waals surface area contributed by atoms with Crippen molar-refractivity contribution in [1.82, 2.24) is 0 Å². The van der Waals surface area contributed by atoms with Crippen molar-refractivity contribution < 1.29 is 17.1 Å². The third kappa shape index (κ3) is 4.53. The normalized spacial score (nSPS) is 6.78. The fourth-order valence-corrected chi connectivity index (χ4v) is 0.470. The van der Waals surface area contributed by atoms with Gasteiger partial charge in [-0.05, 0) is 0 Å². The molecule has 0 fully saturated rings. The molecule has 51 valence electrons. The summed E-state index contributed by atoms with van der Waals surface area (Å²) < 4.78 is 0. The minimum atomic E-state index is 0. The first-order valence-corrected chi connectivity index (χ1v) is 2.32. The number of halogens is 1. The van der Waals surface area contributed by atoms with Gasteiger partial charge in [0.1, 0.15) is 0 Å². The van der Waals surface area contributed by atoms with Gasteiger partial charge in [0.15, 0.2) is 0 Å². The van der Waals surface area contributed by atoms with Gasteiger partial charge < -0.3 is 0 Å². The van der Waals surface area contributed by atoms with Crippen LogP contribution in [-0.2, 0) is 17.1 Å². The molecule has 0 nitrogen and oxygen atoms in total. The molecule has 0 spiro atoms. The van der Waals surface area contributed by atoms with Gasteiger partial charge in [-0.1, -0.05) is 6.92 Å². The van der Waals surface area contributed by atoms with Crippen molar-refractivity contribution in [3.63, 3.8) is 0 Å². The molecule has 0 N–H and O–H groups in total. The Kier molecular flexibility index (Phi) is 8.06. The molecule has 0 unspecified atom stereocenters. The molecule has 0 saturated heterocycles. The Bertz CT molecular complexity index is 139. The van der Waals surface area contributed by atoms with Crippen LogP contribution in [0.4, 0.5) is 0 Å². The van der Waals surface area contributed by atoms with E-state index < -0.39 is 0 Å². The van der Waals surface area contributed by atoms with E-state index in [-0.39, 0.29) is 29.5 Å². The predicted molar refractivity (Wildman–Crippen MR) is 37.3 cm³/mol. The Balaban J connectivity index is 0. The van der Waals surface area contributed by atoms with Crippen molar-refractivity contribution in [1.29, 1.82) is 0 Å². The van der Waals surface area contributed by atoms with Gasteiger partial charge in [0.25, 0.3) is 0 Å². The Labute approximate surface area is 72.5 Å². The Morgan fingerprint density at radius 3 is 1.89 bits per heavy atom. The predicted octanol–water partition coefficient (Wildman–Crippen LogP) is 2.21. The van der Waals surface area contributed by atoms with Crippen molar-refractivity contribution in [3.8, 4) is 0 Å². The smallest absolute Gasteiger partial charge is 0 e. The molecule has 0 aliphatic rings. The van der Waals surface area contributed by atoms with Crippen LogP contribution in [-0.4, -0.2) is 0 Å². The first-order valence-electron chi connectivity index (χ1n) is 2.32. The number of rotatable bonds is 0. The van der Waals surface area contributed by atoms with E-state index >= 15 is 0 Å². The van der Waals surface area contributed by atoms with Gasteiger partial charge in [-0.25, -0.2) is 0 Å². The molecule has 0 aliphatic carbocycles. The zero-order valence-electron chi connectivity index (χ0n) is 5.10. The number of benzene rings is 1. The molecule has 1 aromatic rings. The third-order valence-electron chi connectivity index (χ3n) is 0.885. The van der Waals surface area contributed by atoms with Crippen LogP contribution in [0.1, 0.15) is 5.56 Å². The molecule has 1 radical (unpaired) electrons. The standard InChI is InChI=1S/C7H7.ClH.Mn/c1-7-5-3-2-4-6-7;;/h3-6H,1H3;1H;/q-1;;. The van der Waals surface area contributed by atoms with Crippen molar-refractivity contribution >= 4 is 12.4 Å². The summed E-state index contributed by atoms with van der Waals surface area (Å²) in [5.74, 6) is 0. The Hall–Kier alpha value is 0.0295. The quantitative estimate of drug-likeness (QED) is 0.426. The second kappa shape index (κ2) is 6.15. The van der Waals surface area contributed by atoms with Crippen molar-refractivity contribution in [2.24, 2.45) is 0 Å². The summed E-state index contributed by atoms with van der Waals surface area (Å²) in [6.07, 6.45) is 0. The van der Waals surface area contributed by atoms with Crippen molar-refractivity contribution in [3.05, 3.63) is 35.9 Å². The van der Waals surface area contributed by atoms with E-state index in [1.807, 2.05) is 24.3 Å². The summed E-state index contributed by atoms with van der Waals surface area (Å²) in [6, 6.07) is 10.8. The first-order chi connectivity index (χ1) is 3.39. The van der Waals surface area contributed by atoms with Crippen LogP contribution >= 0.6 is 12.4 Å². The van der Waals surface area contributed by atoms with E-state index in [4.69, 9.17) is 0 Å². The molecular weight excluding hydrogens is 174 g/mol. The van der Waals surface area contributed by atoms with Crippen LogP contribution in [0, 0.1) is 13.0 Å². The van der Waals surface area contributed by atoms with Gasteiger partial charge in [-0.3, -0.25) is 0 Å². The molecule has 0 bridgehead atoms. The second-order valence-electron chi connectivity index (χ2n) is 1.58. The van der Waals surface area contributed by atoms with E-state index in [1.165, 1.54) is 5.56 Å². The molecular formula is C7H8ClMn-. The van der Waals surface area contributed by atoms with E-state index in [0.717, 1.165) is 0 Å². The molecule has 0 aromatic heterocycles. The minimum absolute atomic E-state index is 0. The van der Waals surface area contributed by atoms with Crippen LogP contribution in [0.15, 0.2) is 24.3 Å². The maximum atomic E-state index is 2.93. The summed E-state index contributed by atoms with van der Waals surface area (Å²) in [5, 5.41) is 0. The van der Waals surface area contributed by atoms with Gasteiger partial charge in [-0.2, -0.15) is 35.9 Å². The Morgan fingerprint density at radius 1 is 1.22 bits per heavy atom. The van der Waals surface area contributed by atoms with Crippen LogP contribution in [0.2, 0.25) is 0 Å². The zero-order chi connectivity index (χ0) is 5.11. The monoisotopic (exact) mass is 182 g/mol. The largest absolute Gasteiger partial charge is 0.184 e. The average Bonchev–Trinajstić information content (AvgIpc) is 1.69. The molecule has 0 atom stereocenters. The fraction of sp³-hybridized carbons (Fsp3) is 0.143. The topological polar surface area (TPSA) is 0 Å². The van der Waals surface area contributed by atoms with Gasteiger partial charge >= 0.3 is 0 Å². The minimum Gasteiger partial charge on any atom is -0.184 e. The van der Waals surface area contributed by atoms with Crippen LogP contribution < -0.4 is 0 Å². The van der Waals surface area contributed by atoms with E-state index in [9.17, 15) is 0 Å². The molecule has 0 aliphatic heterocycles. The maximum Gasteiger partial charge on any atom is 0 e. The second-order valence-corrected chi connectivity index (χ2v) is 1.58. The van der Waals surface area contributed by atoms with E-state index in [2.05, 4.69) is 13.0 Å². The summed E-state index contributed by atoms with van der Waals surface area (Å²) in [4.78, 5) is 0. The number of hydrogen-bond acceptors (Lipinski definition) is 0. The van der Waals surface area contributed by atoms with E-state index in [0.29, 0.717) is 0 Å². The van der Waals surface area contributed by atoms with Crippen molar-refractivity contribution in [2.75, 3.05) is 0 Å². The van der Waals surface area contributed by atoms with Gasteiger partial charge in [0.05, 0.1) is 0 Å². The molecule has 0 amide bonds. The van der Waals surface area contributed by atoms with Gasteiger partial charge in [-0.15, -0.1) is 12.4 Å². The summed E-state index contributed by atoms with van der Waals surface area (Å²) >= 11 is 0. The molecule has 0 heterocycles. The zero-order valence-corrected chi connectivity index (χ0v) is 7.09. The first kappa shape index (κ1) is 11.8. The number of aryl methyl sites for hydroxylation is 1. The summed E-state index contributed by atoms with van der Waals surface area (Å²) in [6.45, 7) is 2.06. The molecule has 0 saturated carbocycles. The summed E-state index contributed by atoms with van der Waals surface area (Å²) in [7, 11) is 0. The van der Waals surface area contributed by atoms with Crippen LogP contribution in [0.25, 0.3) is 0 Å². The Morgan fingerprint density at radius 2 is 1.67 bits per heavy atom. The fourth-order valence-electron chi connectivity index (χ4n) is 0.470. The molecule has 2 heteroatoms. The van der Waals surface area contributed by atoms with E-state index in [1.54, 1.807) is 0 Å². The van der Waals surface area contributed by atoms with Crippen LogP contribution in [0.3, 0.4) is 0 Å². The van der Waals surface area contributed by atoms with Crippen molar-refractivity contribution in [2.45, 2.75) is 6.92 Å². The summed E-state index contributed by atoms with van der Waals surface area (Å²) in [5.41, 5.74) is 1.29. The third-order valence-corrected chi connectivity index (χ3v) is 0.885. The average molecular weight is 183 g/mol. The molecule has 1 rings (SSSR count). The van der Waals surface area contributed by atoms with Gasteiger partial charge in [0.2, 0.25) is 0 Å². The molecule has 1 aromatic carbocycles. The molecule has 9 heavy (non-hydrogen) atoms. The SMILES string of the molecule is Cc1cc[c-]cc1.Cl.[Mn]. The van der Waals surface area contributed by atoms with Crippen LogP contribution in [0.5, 0.6) is 0 Å². The van der Waals surface area contributed by atoms with Gasteiger partial charge in [0, 0.05) is 17.1 Å².